The van der Waals surface area contributed by atoms with Crippen molar-refractivity contribution in [1.82, 2.24) is 5.32 Å². The van der Waals surface area contributed by atoms with Crippen LogP contribution >= 0.6 is 0 Å². The number of amides is 1. The van der Waals surface area contributed by atoms with E-state index >= 15 is 0 Å². The van der Waals surface area contributed by atoms with E-state index < -0.39 is 5.97 Å². The molecule has 4 atom stereocenters. The highest BCUT2D eigenvalue weighted by atomic mass is 16.4. The smallest absolute Gasteiger partial charge is 0.303 e. The van der Waals surface area contributed by atoms with Crippen molar-refractivity contribution in [2.75, 3.05) is 0 Å². The molecule has 0 aliphatic heterocycles. The van der Waals surface area contributed by atoms with Crippen LogP contribution < -0.4 is 5.32 Å². The van der Waals surface area contributed by atoms with Crippen molar-refractivity contribution >= 4 is 11.9 Å². The summed E-state index contributed by atoms with van der Waals surface area (Å²) >= 11 is 0. The molecule has 2 aromatic rings. The van der Waals surface area contributed by atoms with Gasteiger partial charge >= 0.3 is 5.97 Å². The molecule has 1 amide bonds. The first-order chi connectivity index (χ1) is 15.1. The van der Waals surface area contributed by atoms with Crippen LogP contribution in [0.3, 0.4) is 0 Å². The van der Waals surface area contributed by atoms with E-state index in [1.807, 2.05) is 42.5 Å². The summed E-state index contributed by atoms with van der Waals surface area (Å²) in [6.45, 7) is 0. The fourth-order valence-corrected chi connectivity index (χ4v) is 5.40. The summed E-state index contributed by atoms with van der Waals surface area (Å²) in [4.78, 5) is 23.6. The molecule has 0 radical (unpaired) electrons. The van der Waals surface area contributed by atoms with Crippen LogP contribution in [0.2, 0.25) is 0 Å². The number of allylic oxidation sites excluding steroid dienone is 2. The predicted molar refractivity (Wildman–Crippen MR) is 123 cm³/mol. The van der Waals surface area contributed by atoms with Gasteiger partial charge in [-0.1, -0.05) is 54.6 Å². The van der Waals surface area contributed by atoms with Gasteiger partial charge in [0.1, 0.15) is 0 Å². The molecule has 2 fully saturated rings. The maximum atomic E-state index is 13.0. The molecule has 4 rings (SSSR count). The second-order valence-corrected chi connectivity index (χ2v) is 8.93. The second kappa shape index (κ2) is 9.95. The first-order valence-corrected chi connectivity index (χ1v) is 11.4. The molecule has 0 aromatic heterocycles. The number of carbonyl (C=O) groups is 2. The number of carbonyl (C=O) groups excluding carboxylic acids is 1. The number of hydrogen-bond donors (Lipinski definition) is 2. The molecule has 31 heavy (non-hydrogen) atoms. The highest BCUT2D eigenvalue weighted by Crippen LogP contribution is 2.50. The Morgan fingerprint density at radius 2 is 1.65 bits per heavy atom. The van der Waals surface area contributed by atoms with Gasteiger partial charge in [0.2, 0.25) is 0 Å². The lowest BCUT2D eigenvalue weighted by Crippen LogP contribution is -2.43. The molecule has 2 N–H and O–H groups in total. The predicted octanol–water partition coefficient (Wildman–Crippen LogP) is 5.70. The van der Waals surface area contributed by atoms with Crippen molar-refractivity contribution < 1.29 is 14.7 Å². The number of carboxylic acids is 1. The molecule has 2 aliphatic carbocycles. The van der Waals surface area contributed by atoms with Crippen LogP contribution in [0.1, 0.15) is 55.3 Å². The van der Waals surface area contributed by atoms with Crippen molar-refractivity contribution in [3.05, 3.63) is 72.3 Å². The molecule has 0 saturated heterocycles. The van der Waals surface area contributed by atoms with Crippen LogP contribution in [0.15, 0.2) is 66.7 Å². The summed E-state index contributed by atoms with van der Waals surface area (Å²) in [5, 5.41) is 12.1. The summed E-state index contributed by atoms with van der Waals surface area (Å²) in [5.41, 5.74) is 2.98. The Kier molecular flexibility index (Phi) is 6.86. The summed E-state index contributed by atoms with van der Waals surface area (Å²) < 4.78 is 0. The van der Waals surface area contributed by atoms with Crippen LogP contribution in [-0.2, 0) is 4.79 Å². The molecule has 0 unspecified atom stereocenters. The molecule has 2 aliphatic rings. The number of rotatable bonds is 9. The Hall–Kier alpha value is -2.88. The minimum atomic E-state index is -0.735. The van der Waals surface area contributed by atoms with Gasteiger partial charge in [0.05, 0.1) is 0 Å². The molecule has 4 heteroatoms. The molecule has 0 spiro atoms. The molecular formula is C27H31NO3. The lowest BCUT2D eigenvalue weighted by Gasteiger charge is -2.31. The van der Waals surface area contributed by atoms with Gasteiger partial charge in [0, 0.05) is 18.0 Å². The molecule has 2 saturated carbocycles. The molecule has 4 nitrogen and oxygen atoms in total. The monoisotopic (exact) mass is 417 g/mol. The number of unbranched alkanes of at least 4 members (excludes halogenated alkanes) is 1. The van der Waals surface area contributed by atoms with Gasteiger partial charge < -0.3 is 10.4 Å². The van der Waals surface area contributed by atoms with E-state index in [4.69, 9.17) is 5.11 Å². The van der Waals surface area contributed by atoms with Crippen LogP contribution in [0.25, 0.3) is 11.1 Å². The highest BCUT2D eigenvalue weighted by Gasteiger charge is 2.47. The molecule has 0 heterocycles. The van der Waals surface area contributed by atoms with E-state index in [9.17, 15) is 9.59 Å². The van der Waals surface area contributed by atoms with Gasteiger partial charge in [0.25, 0.3) is 5.91 Å². The lowest BCUT2D eigenvalue weighted by molar-refractivity contribution is -0.137. The van der Waals surface area contributed by atoms with Gasteiger partial charge in [0.15, 0.2) is 0 Å². The summed E-state index contributed by atoms with van der Waals surface area (Å²) in [6.07, 6.45) is 10.7. The largest absolute Gasteiger partial charge is 0.481 e. The number of nitrogens with one attached hydrogen (secondary N) is 1. The Balaban J connectivity index is 1.35. The Labute approximate surface area is 184 Å². The molecule has 2 aromatic carbocycles. The normalized spacial score (nSPS) is 24.5. The maximum absolute atomic E-state index is 13.0. The third-order valence-electron chi connectivity index (χ3n) is 6.98. The number of fused-ring (bicyclic) bond motifs is 2. The minimum absolute atomic E-state index is 0.0209. The van der Waals surface area contributed by atoms with E-state index in [1.54, 1.807) is 0 Å². The molecule has 162 valence electrons. The average molecular weight is 418 g/mol. The van der Waals surface area contributed by atoms with Crippen LogP contribution in [-0.4, -0.2) is 23.0 Å². The van der Waals surface area contributed by atoms with Crippen LogP contribution in [0.4, 0.5) is 0 Å². The average Bonchev–Trinajstić information content (AvgIpc) is 3.39. The van der Waals surface area contributed by atoms with E-state index in [0.717, 1.165) is 24.0 Å². The maximum Gasteiger partial charge on any atom is 0.303 e. The summed E-state index contributed by atoms with van der Waals surface area (Å²) in [6, 6.07) is 18.3. The molecule has 2 bridgehead atoms. The SMILES string of the molecule is O=C(O)CCC/C=C\C[C@@H]1[C@H]2CC[C@H](C2)[C@H]1NC(=O)c1ccc(-c2ccccc2)cc1. The third-order valence-corrected chi connectivity index (χ3v) is 6.98. The summed E-state index contributed by atoms with van der Waals surface area (Å²) in [5.74, 6) is 1.05. The van der Waals surface area contributed by atoms with Crippen LogP contribution in [0.5, 0.6) is 0 Å². The van der Waals surface area contributed by atoms with Crippen molar-refractivity contribution in [3.8, 4) is 11.1 Å². The zero-order valence-corrected chi connectivity index (χ0v) is 17.9. The lowest BCUT2D eigenvalue weighted by atomic mass is 9.82. The van der Waals surface area contributed by atoms with Gasteiger partial charge in [-0.15, -0.1) is 0 Å². The third kappa shape index (κ3) is 5.25. The van der Waals surface area contributed by atoms with E-state index in [-0.39, 0.29) is 18.4 Å². The Morgan fingerprint density at radius 1 is 0.935 bits per heavy atom. The quantitative estimate of drug-likeness (QED) is 0.406. The van der Waals surface area contributed by atoms with Gasteiger partial charge in [-0.2, -0.15) is 0 Å². The fraction of sp³-hybridized carbons (Fsp3) is 0.407. The van der Waals surface area contributed by atoms with Gasteiger partial charge in [-0.05, 0) is 79.5 Å². The number of hydrogen-bond acceptors (Lipinski definition) is 2. The van der Waals surface area contributed by atoms with E-state index in [2.05, 4.69) is 29.6 Å². The summed E-state index contributed by atoms with van der Waals surface area (Å²) in [7, 11) is 0. The van der Waals surface area contributed by atoms with Crippen molar-refractivity contribution in [1.29, 1.82) is 0 Å². The number of aliphatic carboxylic acids is 1. The standard InChI is InChI=1S/C27H31NO3/c29-25(30)11-7-2-1-6-10-24-22-16-17-23(18-22)26(24)28-27(31)21-14-12-20(13-15-21)19-8-4-3-5-9-19/h1,3-6,8-9,12-15,22-24,26H,2,7,10-11,16-18H2,(H,28,31)(H,29,30)/b6-1-/t22-,23+,24+,26+/m0/s1. The van der Waals surface area contributed by atoms with E-state index in [0.29, 0.717) is 29.7 Å². The highest BCUT2D eigenvalue weighted by molar-refractivity contribution is 5.95. The Bertz CT molecular complexity index is 919. The minimum Gasteiger partial charge on any atom is -0.481 e. The van der Waals surface area contributed by atoms with E-state index in [1.165, 1.54) is 19.3 Å². The zero-order valence-electron chi connectivity index (χ0n) is 17.9. The van der Waals surface area contributed by atoms with Gasteiger partial charge in [-0.25, -0.2) is 0 Å². The first-order valence-electron chi connectivity index (χ1n) is 11.4. The van der Waals surface area contributed by atoms with Crippen molar-refractivity contribution in [2.45, 2.75) is 51.0 Å². The topological polar surface area (TPSA) is 66.4 Å². The van der Waals surface area contributed by atoms with Crippen molar-refractivity contribution in [2.24, 2.45) is 17.8 Å². The van der Waals surface area contributed by atoms with Crippen molar-refractivity contribution in [3.63, 3.8) is 0 Å². The van der Waals surface area contributed by atoms with Crippen LogP contribution in [0, 0.1) is 17.8 Å². The first kappa shape index (κ1) is 21.4. The molecular weight excluding hydrogens is 386 g/mol. The number of benzene rings is 2. The van der Waals surface area contributed by atoms with Gasteiger partial charge in [-0.3, -0.25) is 9.59 Å². The number of carboxylic acid groups (broad SMARTS) is 1. The fourth-order valence-electron chi connectivity index (χ4n) is 5.40. The second-order valence-electron chi connectivity index (χ2n) is 8.93. The Morgan fingerprint density at radius 3 is 2.39 bits per heavy atom. The zero-order chi connectivity index (χ0) is 21.6.